The number of amides is 1. The lowest BCUT2D eigenvalue weighted by molar-refractivity contribution is -0.139. The van der Waals surface area contributed by atoms with E-state index in [4.69, 9.17) is 4.74 Å². The summed E-state index contributed by atoms with van der Waals surface area (Å²) in [5, 5.41) is 11.1. The molecule has 2 aromatic carbocycles. The van der Waals surface area contributed by atoms with Gasteiger partial charge >= 0.3 is 0 Å². The van der Waals surface area contributed by atoms with Gasteiger partial charge in [0, 0.05) is 22.1 Å². The summed E-state index contributed by atoms with van der Waals surface area (Å²) in [6.07, 6.45) is 2.74. The zero-order chi connectivity index (χ0) is 21.8. The number of aryl methyl sites for hydroxylation is 1. The van der Waals surface area contributed by atoms with Crippen LogP contribution in [0.4, 0.5) is 0 Å². The number of ether oxygens (including phenoxy) is 1. The second kappa shape index (κ2) is 9.47. The predicted molar refractivity (Wildman–Crippen MR) is 120 cm³/mol. The molecule has 1 N–H and O–H groups in total. The van der Waals surface area contributed by atoms with Crippen LogP contribution in [0.1, 0.15) is 48.9 Å². The Bertz CT molecular complexity index is 998. The summed E-state index contributed by atoms with van der Waals surface area (Å²) in [6, 6.07) is 12.0. The molecule has 1 aliphatic rings. The summed E-state index contributed by atoms with van der Waals surface area (Å²) in [5.74, 6) is -0.849. The van der Waals surface area contributed by atoms with E-state index >= 15 is 0 Å². The lowest BCUT2D eigenvalue weighted by atomic mass is 9.94. The van der Waals surface area contributed by atoms with Crippen LogP contribution in [0, 0.1) is 6.92 Å². The normalized spacial score (nSPS) is 18.1. The van der Waals surface area contributed by atoms with Gasteiger partial charge in [0.1, 0.15) is 11.5 Å². The van der Waals surface area contributed by atoms with Gasteiger partial charge in [-0.05, 0) is 37.1 Å². The molecule has 1 atom stereocenters. The average Bonchev–Trinajstić information content (AvgIpc) is 3.00. The van der Waals surface area contributed by atoms with Gasteiger partial charge in [-0.25, -0.2) is 0 Å². The van der Waals surface area contributed by atoms with Gasteiger partial charge in [0.15, 0.2) is 0 Å². The van der Waals surface area contributed by atoms with E-state index in [-0.39, 0.29) is 11.3 Å². The number of nitrogens with zero attached hydrogens (tertiary/aromatic N) is 1. The van der Waals surface area contributed by atoms with Gasteiger partial charge in [0.2, 0.25) is 0 Å². The van der Waals surface area contributed by atoms with Gasteiger partial charge in [-0.2, -0.15) is 0 Å². The zero-order valence-corrected chi connectivity index (χ0v) is 19.0. The molecule has 1 unspecified atom stereocenters. The number of ketones is 1. The molecular weight excluding hydrogens is 446 g/mol. The van der Waals surface area contributed by atoms with Crippen molar-refractivity contribution in [1.82, 2.24) is 4.90 Å². The summed E-state index contributed by atoms with van der Waals surface area (Å²) in [4.78, 5) is 27.5. The Balaban J connectivity index is 2.18. The van der Waals surface area contributed by atoms with Crippen LogP contribution in [0.2, 0.25) is 0 Å². The highest BCUT2D eigenvalue weighted by Crippen LogP contribution is 2.42. The summed E-state index contributed by atoms with van der Waals surface area (Å²) in [7, 11) is 1.56. The molecule has 5 nitrogen and oxygen atoms in total. The quantitative estimate of drug-likeness (QED) is 0.254. The summed E-state index contributed by atoms with van der Waals surface area (Å²) >= 11 is 3.45. The molecule has 0 saturated carbocycles. The third kappa shape index (κ3) is 4.15. The first-order valence-electron chi connectivity index (χ1n) is 10.1. The smallest absolute Gasteiger partial charge is 0.295 e. The summed E-state index contributed by atoms with van der Waals surface area (Å²) in [5.41, 5.74) is 2.21. The van der Waals surface area contributed by atoms with Gasteiger partial charge in [-0.1, -0.05) is 60.0 Å². The van der Waals surface area contributed by atoms with E-state index in [9.17, 15) is 14.7 Å². The molecule has 30 heavy (non-hydrogen) atoms. The maximum absolute atomic E-state index is 13.0. The standard InChI is InChI=1S/C24H26BrNO4/c1-4-5-8-13-26-21(17-9-6-7-10-19(17)30-3)20(23(28)24(26)29)22(27)16-11-12-18(25)15(2)14-16/h6-7,9-12,14,21,27H,4-5,8,13H2,1-3H3/b22-20+. The van der Waals surface area contributed by atoms with Gasteiger partial charge in [0.05, 0.1) is 18.7 Å². The highest BCUT2D eigenvalue weighted by Gasteiger charge is 2.46. The van der Waals surface area contributed by atoms with Gasteiger partial charge in [0.25, 0.3) is 11.7 Å². The molecule has 2 aromatic rings. The van der Waals surface area contributed by atoms with Gasteiger partial charge < -0.3 is 14.7 Å². The van der Waals surface area contributed by atoms with Crippen molar-refractivity contribution in [1.29, 1.82) is 0 Å². The number of Topliss-reactive ketones (excluding diaryl/α,β-unsaturated/α-hetero) is 1. The third-order valence-electron chi connectivity index (χ3n) is 5.41. The van der Waals surface area contributed by atoms with E-state index in [0.717, 1.165) is 29.3 Å². The number of aliphatic hydroxyl groups is 1. The number of rotatable bonds is 7. The van der Waals surface area contributed by atoms with Crippen molar-refractivity contribution in [3.63, 3.8) is 0 Å². The molecule has 0 radical (unpaired) electrons. The van der Waals surface area contributed by atoms with E-state index in [1.54, 1.807) is 30.2 Å². The van der Waals surface area contributed by atoms with Crippen LogP contribution in [0.5, 0.6) is 5.75 Å². The number of unbranched alkanes of at least 4 members (excludes halogenated alkanes) is 2. The van der Waals surface area contributed by atoms with E-state index < -0.39 is 17.7 Å². The van der Waals surface area contributed by atoms with Crippen LogP contribution in [0.3, 0.4) is 0 Å². The Kier molecular flexibility index (Phi) is 6.98. The third-order valence-corrected chi connectivity index (χ3v) is 6.30. The first kappa shape index (κ1) is 22.1. The SMILES string of the molecule is CCCCCN1C(=O)C(=O)/C(=C(/O)c2ccc(Br)c(C)c2)C1c1ccccc1OC. The number of likely N-dealkylation sites (tertiary alicyclic amines) is 1. The van der Waals surface area contributed by atoms with Gasteiger partial charge in [-0.3, -0.25) is 9.59 Å². The Morgan fingerprint density at radius 3 is 2.57 bits per heavy atom. The number of carbonyl (C=O) groups excluding carboxylic acids is 2. The minimum absolute atomic E-state index is 0.0997. The van der Waals surface area contributed by atoms with Crippen LogP contribution >= 0.6 is 15.9 Å². The van der Waals surface area contributed by atoms with E-state index in [1.807, 2.05) is 31.2 Å². The first-order chi connectivity index (χ1) is 14.4. The number of aliphatic hydroxyl groups excluding tert-OH is 1. The largest absolute Gasteiger partial charge is 0.507 e. The summed E-state index contributed by atoms with van der Waals surface area (Å²) in [6.45, 7) is 4.43. The molecule has 0 bridgehead atoms. The minimum Gasteiger partial charge on any atom is -0.507 e. The van der Waals surface area contributed by atoms with E-state index in [2.05, 4.69) is 22.9 Å². The minimum atomic E-state index is -0.693. The number of carbonyl (C=O) groups is 2. The maximum atomic E-state index is 13.0. The fourth-order valence-corrected chi connectivity index (χ4v) is 4.05. The first-order valence-corrected chi connectivity index (χ1v) is 10.9. The molecule has 1 aliphatic heterocycles. The van der Waals surface area contributed by atoms with Crippen molar-refractivity contribution in [2.45, 2.75) is 39.2 Å². The zero-order valence-electron chi connectivity index (χ0n) is 17.4. The van der Waals surface area contributed by atoms with Crippen LogP contribution in [-0.2, 0) is 9.59 Å². The highest BCUT2D eigenvalue weighted by molar-refractivity contribution is 9.10. The Hall–Kier alpha value is -2.60. The van der Waals surface area contributed by atoms with Crippen molar-refractivity contribution < 1.29 is 19.4 Å². The number of hydrogen-bond donors (Lipinski definition) is 1. The lowest BCUT2D eigenvalue weighted by Crippen LogP contribution is -2.30. The van der Waals surface area contributed by atoms with Crippen molar-refractivity contribution in [2.24, 2.45) is 0 Å². The van der Waals surface area contributed by atoms with E-state index in [1.165, 1.54) is 0 Å². The molecule has 1 fully saturated rings. The monoisotopic (exact) mass is 471 g/mol. The van der Waals surface area contributed by atoms with E-state index in [0.29, 0.717) is 23.4 Å². The molecule has 0 aliphatic carbocycles. The second-order valence-corrected chi connectivity index (χ2v) is 8.26. The maximum Gasteiger partial charge on any atom is 0.295 e. The fourth-order valence-electron chi connectivity index (χ4n) is 3.81. The Morgan fingerprint density at radius 2 is 1.90 bits per heavy atom. The number of halogens is 1. The van der Waals surface area contributed by atoms with Crippen molar-refractivity contribution in [3.05, 3.63) is 69.2 Å². The number of hydrogen-bond acceptors (Lipinski definition) is 4. The van der Waals surface area contributed by atoms with Crippen LogP contribution in [-0.4, -0.2) is 35.4 Å². The second-order valence-electron chi connectivity index (χ2n) is 7.41. The highest BCUT2D eigenvalue weighted by atomic mass is 79.9. The topological polar surface area (TPSA) is 66.8 Å². The average molecular weight is 472 g/mol. The van der Waals surface area contributed by atoms with Crippen LogP contribution in [0.15, 0.2) is 52.5 Å². The number of benzene rings is 2. The van der Waals surface area contributed by atoms with Crippen molar-refractivity contribution in [3.8, 4) is 5.75 Å². The van der Waals surface area contributed by atoms with Crippen molar-refractivity contribution >= 4 is 33.4 Å². The molecule has 1 heterocycles. The molecule has 3 rings (SSSR count). The predicted octanol–water partition coefficient (Wildman–Crippen LogP) is 5.38. The van der Waals surface area contributed by atoms with Gasteiger partial charge in [-0.15, -0.1) is 0 Å². The molecular formula is C24H26BrNO4. The molecule has 6 heteroatoms. The molecule has 1 amide bonds. The summed E-state index contributed by atoms with van der Waals surface area (Å²) < 4.78 is 6.41. The Labute approximate surface area is 185 Å². The lowest BCUT2D eigenvalue weighted by Gasteiger charge is -2.26. The molecule has 0 aromatic heterocycles. The van der Waals surface area contributed by atoms with Crippen LogP contribution < -0.4 is 4.74 Å². The Morgan fingerprint density at radius 1 is 1.17 bits per heavy atom. The molecule has 0 spiro atoms. The van der Waals surface area contributed by atoms with Crippen LogP contribution in [0.25, 0.3) is 5.76 Å². The number of methoxy groups -OCH3 is 1. The molecule has 1 saturated heterocycles. The molecule has 158 valence electrons. The number of para-hydroxylation sites is 1. The fraction of sp³-hybridized carbons (Fsp3) is 0.333. The van der Waals surface area contributed by atoms with Crippen molar-refractivity contribution in [2.75, 3.05) is 13.7 Å².